The van der Waals surface area contributed by atoms with Gasteiger partial charge in [-0.2, -0.15) is 0 Å². The smallest absolute Gasteiger partial charge is 0.252 e. The molecule has 14 rings (SSSR count). The van der Waals surface area contributed by atoms with Crippen molar-refractivity contribution in [3.05, 3.63) is 215 Å². The third kappa shape index (κ3) is 7.37. The molecule has 10 aromatic rings. The monoisotopic (exact) mass is 1000 g/mol. The van der Waals surface area contributed by atoms with Crippen molar-refractivity contribution in [1.82, 2.24) is 4.57 Å². The highest BCUT2D eigenvalue weighted by Gasteiger charge is 2.46. The quantitative estimate of drug-likeness (QED) is 0.159. The van der Waals surface area contributed by atoms with E-state index >= 15 is 0 Å². The van der Waals surface area contributed by atoms with Gasteiger partial charge in [-0.25, -0.2) is 0 Å². The van der Waals surface area contributed by atoms with E-state index in [4.69, 9.17) is 0 Å². The molecule has 1 saturated carbocycles. The number of benzene rings is 9. The van der Waals surface area contributed by atoms with Crippen molar-refractivity contribution in [3.8, 4) is 27.9 Å². The maximum atomic E-state index is 2.73. The number of aryl methyl sites for hydroxylation is 2. The molecule has 9 aromatic carbocycles. The molecule has 4 heteroatoms. The fraction of sp³-hybridized carbons (Fsp3) is 0.260. The highest BCUT2D eigenvalue weighted by molar-refractivity contribution is 7.00. The van der Waals surface area contributed by atoms with Gasteiger partial charge >= 0.3 is 0 Å². The Balaban J connectivity index is 1.12. The van der Waals surface area contributed by atoms with Crippen molar-refractivity contribution in [3.63, 3.8) is 0 Å². The van der Waals surface area contributed by atoms with Crippen LogP contribution in [0.3, 0.4) is 0 Å². The summed E-state index contributed by atoms with van der Waals surface area (Å²) in [5.74, 6) is 0.479. The van der Waals surface area contributed by atoms with E-state index in [1.165, 1.54) is 171 Å². The molecule has 0 spiro atoms. The molecule has 380 valence electrons. The van der Waals surface area contributed by atoms with Crippen molar-refractivity contribution in [2.75, 3.05) is 9.80 Å². The summed E-state index contributed by atoms with van der Waals surface area (Å²) < 4.78 is 2.53. The summed E-state index contributed by atoms with van der Waals surface area (Å²) in [4.78, 5) is 5.45. The molecule has 2 aliphatic carbocycles. The van der Waals surface area contributed by atoms with Gasteiger partial charge in [0.25, 0.3) is 6.71 Å². The van der Waals surface area contributed by atoms with Crippen molar-refractivity contribution >= 4 is 79.0 Å². The summed E-state index contributed by atoms with van der Waals surface area (Å²) in [5, 5.41) is 2.59. The molecule has 1 fully saturated rings. The minimum atomic E-state index is -0.145. The summed E-state index contributed by atoms with van der Waals surface area (Å²) in [7, 11) is 0. The zero-order valence-electron chi connectivity index (χ0n) is 46.8. The molecule has 77 heavy (non-hydrogen) atoms. The average molecular weight is 1000 g/mol. The maximum absolute atomic E-state index is 2.73. The molecule has 0 saturated heterocycles. The maximum Gasteiger partial charge on any atom is 0.252 e. The van der Waals surface area contributed by atoms with E-state index in [9.17, 15) is 0 Å². The van der Waals surface area contributed by atoms with Crippen molar-refractivity contribution in [1.29, 1.82) is 0 Å². The van der Waals surface area contributed by atoms with Gasteiger partial charge < -0.3 is 14.4 Å². The van der Waals surface area contributed by atoms with Gasteiger partial charge in [0.2, 0.25) is 0 Å². The predicted molar refractivity (Wildman–Crippen MR) is 331 cm³/mol. The van der Waals surface area contributed by atoms with E-state index in [1.54, 1.807) is 0 Å². The van der Waals surface area contributed by atoms with Gasteiger partial charge in [-0.1, -0.05) is 178 Å². The highest BCUT2D eigenvalue weighted by Crippen LogP contribution is 2.54. The van der Waals surface area contributed by atoms with Crippen LogP contribution in [0.4, 0.5) is 34.1 Å². The molecular weight excluding hydrogens is 930 g/mol. The molecule has 0 bridgehead atoms. The van der Waals surface area contributed by atoms with Crippen LogP contribution in [0.1, 0.15) is 132 Å². The minimum Gasteiger partial charge on any atom is -0.311 e. The fourth-order valence-electron chi connectivity index (χ4n) is 14.4. The molecule has 4 aliphatic rings. The Morgan fingerprint density at radius 1 is 0.468 bits per heavy atom. The average Bonchev–Trinajstić information content (AvgIpc) is 4.11. The first-order valence-electron chi connectivity index (χ1n) is 28.6. The van der Waals surface area contributed by atoms with Crippen LogP contribution in [0, 0.1) is 13.8 Å². The van der Waals surface area contributed by atoms with E-state index in [0.29, 0.717) is 5.92 Å². The topological polar surface area (TPSA) is 11.4 Å². The molecule has 0 unspecified atom stereocenters. The number of para-hydroxylation sites is 1. The minimum absolute atomic E-state index is 0.0166. The largest absolute Gasteiger partial charge is 0.311 e. The summed E-state index contributed by atoms with van der Waals surface area (Å²) in [5.41, 5.74) is 29.9. The summed E-state index contributed by atoms with van der Waals surface area (Å²) in [6.45, 7) is 23.7. The molecule has 1 aromatic heterocycles. The second-order valence-corrected chi connectivity index (χ2v) is 25.7. The zero-order chi connectivity index (χ0) is 52.9. The van der Waals surface area contributed by atoms with Gasteiger partial charge in [0.1, 0.15) is 0 Å². The standard InChI is InChI=1S/C73H70BN3/c1-45-36-49(47-22-14-11-15-23-47)37-46(2)70(45)77-66-44-64-58(57-40-51(71(3,4)5)31-35-63(57)75(64)53-26-18-13-19-27-53)43-62(66)74-61-34-30-52(72(6,7)8)41-65(61)76(67-38-50(39-68(77)69(67)74)48-24-16-12-17-25-48)54-32-33-56-55-28-20-21-29-59(55)73(9,10)60(56)42-54/h11,13-15,18-23,26-44,48H,12,16-17,24-25H2,1-10H3. The van der Waals surface area contributed by atoms with E-state index < -0.39 is 0 Å². The van der Waals surface area contributed by atoms with Gasteiger partial charge in [0.05, 0.1) is 16.7 Å². The molecule has 3 heterocycles. The first-order chi connectivity index (χ1) is 37.0. The second kappa shape index (κ2) is 17.2. The van der Waals surface area contributed by atoms with Crippen molar-refractivity contribution in [2.24, 2.45) is 0 Å². The summed E-state index contributed by atoms with van der Waals surface area (Å²) in [6, 6.07) is 68.7. The van der Waals surface area contributed by atoms with Crippen LogP contribution in [-0.4, -0.2) is 11.3 Å². The molecule has 0 N–H and O–H groups in total. The van der Waals surface area contributed by atoms with Crippen LogP contribution in [0.2, 0.25) is 0 Å². The number of nitrogens with zero attached hydrogens (tertiary/aromatic N) is 3. The highest BCUT2D eigenvalue weighted by atomic mass is 15.2. The first-order valence-corrected chi connectivity index (χ1v) is 28.6. The van der Waals surface area contributed by atoms with E-state index in [2.05, 4.69) is 260 Å². The molecule has 3 nitrogen and oxygen atoms in total. The first kappa shape index (κ1) is 47.9. The second-order valence-electron chi connectivity index (χ2n) is 25.7. The fourth-order valence-corrected chi connectivity index (χ4v) is 14.4. The van der Waals surface area contributed by atoms with Crippen LogP contribution in [0.25, 0.3) is 49.7 Å². The van der Waals surface area contributed by atoms with Gasteiger partial charge in [-0.05, 0) is 194 Å². The van der Waals surface area contributed by atoms with Crippen LogP contribution in [0.15, 0.2) is 176 Å². The Bertz CT molecular complexity index is 4020. The van der Waals surface area contributed by atoms with Crippen molar-refractivity contribution < 1.29 is 0 Å². The van der Waals surface area contributed by atoms with E-state index in [1.807, 2.05) is 0 Å². The van der Waals surface area contributed by atoms with Crippen molar-refractivity contribution in [2.45, 2.75) is 124 Å². The predicted octanol–water partition coefficient (Wildman–Crippen LogP) is 18.1. The molecule has 0 radical (unpaired) electrons. The lowest BCUT2D eigenvalue weighted by molar-refractivity contribution is 0.444. The third-order valence-electron chi connectivity index (χ3n) is 18.4. The van der Waals surface area contributed by atoms with Crippen LogP contribution >= 0.6 is 0 Å². The Labute approximate surface area is 457 Å². The number of aromatic nitrogens is 1. The van der Waals surface area contributed by atoms with Crippen LogP contribution in [-0.2, 0) is 16.2 Å². The van der Waals surface area contributed by atoms with Gasteiger partial charge in [-0.3, -0.25) is 0 Å². The zero-order valence-corrected chi connectivity index (χ0v) is 46.8. The third-order valence-corrected chi connectivity index (χ3v) is 18.4. The van der Waals surface area contributed by atoms with Gasteiger partial charge in [0, 0.05) is 50.3 Å². The number of anilines is 6. The van der Waals surface area contributed by atoms with Crippen LogP contribution < -0.4 is 26.2 Å². The lowest BCUT2D eigenvalue weighted by Crippen LogP contribution is -2.61. The lowest BCUT2D eigenvalue weighted by atomic mass is 9.33. The molecule has 0 atom stereocenters. The summed E-state index contributed by atoms with van der Waals surface area (Å²) in [6.07, 6.45) is 6.28. The Morgan fingerprint density at radius 2 is 1.08 bits per heavy atom. The molecule has 0 amide bonds. The molecular formula is C73H70BN3. The SMILES string of the molecule is Cc1cc(-c2ccccc2)cc(C)c1N1c2cc3c(cc2B2c4ccc(C(C)(C)C)cc4N(c4ccc5c(c4)C(C)(C)c4ccccc4-5)c4cc(C5CCCCC5)cc1c42)c1cc(C(C)(C)C)ccc1n3-c1ccccc1. The van der Waals surface area contributed by atoms with Crippen LogP contribution in [0.5, 0.6) is 0 Å². The normalized spacial score (nSPS) is 15.6. The number of hydrogen-bond donors (Lipinski definition) is 0. The number of hydrogen-bond acceptors (Lipinski definition) is 2. The molecule has 2 aliphatic heterocycles. The number of rotatable bonds is 5. The Hall–Kier alpha value is -7.56. The van der Waals surface area contributed by atoms with E-state index in [-0.39, 0.29) is 23.0 Å². The number of fused-ring (bicyclic) bond motifs is 10. The Kier molecular flexibility index (Phi) is 10.7. The van der Waals surface area contributed by atoms with Gasteiger partial charge in [-0.15, -0.1) is 0 Å². The lowest BCUT2D eigenvalue weighted by Gasteiger charge is -2.46. The Morgan fingerprint density at radius 3 is 1.79 bits per heavy atom. The summed E-state index contributed by atoms with van der Waals surface area (Å²) >= 11 is 0. The van der Waals surface area contributed by atoms with Gasteiger partial charge in [0.15, 0.2) is 0 Å². The van der Waals surface area contributed by atoms with E-state index in [0.717, 1.165) is 0 Å².